The lowest BCUT2D eigenvalue weighted by molar-refractivity contribution is -0.391. The molecule has 3 aromatic rings. The van der Waals surface area contributed by atoms with Crippen molar-refractivity contribution in [3.05, 3.63) is 48.4 Å². The first kappa shape index (κ1) is 22.2. The molecule has 0 atom stereocenters. The number of rotatable bonds is 6. The number of hydrogen-bond donors (Lipinski definition) is 2. The minimum absolute atomic E-state index is 0.0963. The predicted octanol–water partition coefficient (Wildman–Crippen LogP) is 5.08. The van der Waals surface area contributed by atoms with Crippen LogP contribution in [0, 0.1) is 5.82 Å². The van der Waals surface area contributed by atoms with Gasteiger partial charge in [0, 0.05) is 35.6 Å². The fourth-order valence-corrected chi connectivity index (χ4v) is 2.81. The topological polar surface area (TPSA) is 86.8 Å². The van der Waals surface area contributed by atoms with Crippen LogP contribution in [-0.2, 0) is 0 Å². The molecule has 0 saturated heterocycles. The standard InChI is InChI=1S/C20H15F5N4O4/c1-30-12-5-11(6-13(8-12)31-2)27-17-14(21)9-26-18(29-17)28-10-3-4-15-16(7-10)33-20(24,25)19(22,23)32-15/h3-9H,1-2H3,(H2,26,27,28,29). The van der Waals surface area contributed by atoms with E-state index < -0.39 is 29.5 Å². The second kappa shape index (κ2) is 8.15. The molecule has 174 valence electrons. The summed E-state index contributed by atoms with van der Waals surface area (Å²) in [5.41, 5.74) is 0.496. The van der Waals surface area contributed by atoms with Crippen LogP contribution in [0.1, 0.15) is 0 Å². The number of nitrogens with one attached hydrogen (secondary N) is 2. The van der Waals surface area contributed by atoms with Gasteiger partial charge in [-0.15, -0.1) is 0 Å². The van der Waals surface area contributed by atoms with Gasteiger partial charge in [-0.2, -0.15) is 22.5 Å². The van der Waals surface area contributed by atoms with E-state index in [4.69, 9.17) is 9.47 Å². The lowest BCUT2D eigenvalue weighted by Crippen LogP contribution is -2.52. The summed E-state index contributed by atoms with van der Waals surface area (Å²) in [5, 5.41) is 5.42. The summed E-state index contributed by atoms with van der Waals surface area (Å²) in [6.45, 7) is 0. The van der Waals surface area contributed by atoms with E-state index in [0.717, 1.165) is 18.3 Å². The average Bonchev–Trinajstić information content (AvgIpc) is 2.76. The highest BCUT2D eigenvalue weighted by Crippen LogP contribution is 2.47. The Morgan fingerprint density at radius 1 is 0.818 bits per heavy atom. The van der Waals surface area contributed by atoms with Gasteiger partial charge in [-0.1, -0.05) is 0 Å². The molecule has 8 nitrogen and oxygen atoms in total. The Morgan fingerprint density at radius 3 is 2.09 bits per heavy atom. The lowest BCUT2D eigenvalue weighted by atomic mass is 10.2. The van der Waals surface area contributed by atoms with Crippen molar-refractivity contribution in [2.75, 3.05) is 24.9 Å². The van der Waals surface area contributed by atoms with Gasteiger partial charge in [-0.05, 0) is 12.1 Å². The van der Waals surface area contributed by atoms with Crippen LogP contribution in [0.2, 0.25) is 0 Å². The first-order valence-corrected chi connectivity index (χ1v) is 9.17. The number of halogens is 5. The Kier molecular flexibility index (Phi) is 5.47. The quantitative estimate of drug-likeness (QED) is 0.483. The molecule has 33 heavy (non-hydrogen) atoms. The number of alkyl halides is 4. The molecule has 0 spiro atoms. The zero-order chi connectivity index (χ0) is 23.8. The fourth-order valence-electron chi connectivity index (χ4n) is 2.81. The molecule has 2 N–H and O–H groups in total. The minimum Gasteiger partial charge on any atom is -0.497 e. The molecule has 2 heterocycles. The Bertz CT molecular complexity index is 1170. The van der Waals surface area contributed by atoms with Gasteiger partial charge in [0.1, 0.15) is 11.5 Å². The van der Waals surface area contributed by atoms with E-state index in [1.54, 1.807) is 18.2 Å². The zero-order valence-electron chi connectivity index (χ0n) is 17.0. The highest BCUT2D eigenvalue weighted by atomic mass is 19.3. The summed E-state index contributed by atoms with van der Waals surface area (Å²) < 4.78 is 86.1. The normalized spacial score (nSPS) is 15.5. The number of anilines is 4. The van der Waals surface area contributed by atoms with Gasteiger partial charge in [0.15, 0.2) is 23.1 Å². The molecule has 4 rings (SSSR count). The number of methoxy groups -OCH3 is 2. The van der Waals surface area contributed by atoms with Crippen LogP contribution in [-0.4, -0.2) is 36.4 Å². The molecule has 0 saturated carbocycles. The fraction of sp³-hybridized carbons (Fsp3) is 0.200. The van der Waals surface area contributed by atoms with Gasteiger partial charge in [-0.25, -0.2) is 9.37 Å². The maximum Gasteiger partial charge on any atom is 0.507 e. The molecular formula is C20H15F5N4O4. The molecule has 13 heteroatoms. The molecule has 0 unspecified atom stereocenters. The third-order valence-corrected chi connectivity index (χ3v) is 4.37. The molecule has 1 aromatic heterocycles. The Hall–Kier alpha value is -4.03. The van der Waals surface area contributed by atoms with Gasteiger partial charge in [0.05, 0.1) is 20.4 Å². The van der Waals surface area contributed by atoms with Crippen LogP contribution in [0.5, 0.6) is 23.0 Å². The van der Waals surface area contributed by atoms with Crippen molar-refractivity contribution in [2.45, 2.75) is 12.2 Å². The van der Waals surface area contributed by atoms with Gasteiger partial charge < -0.3 is 29.6 Å². The minimum atomic E-state index is -4.86. The van der Waals surface area contributed by atoms with E-state index in [0.29, 0.717) is 17.2 Å². The molecule has 0 aliphatic carbocycles. The Balaban J connectivity index is 1.57. The summed E-state index contributed by atoms with van der Waals surface area (Å²) >= 11 is 0. The monoisotopic (exact) mass is 470 g/mol. The van der Waals surface area contributed by atoms with Crippen molar-refractivity contribution in [2.24, 2.45) is 0 Å². The Morgan fingerprint density at radius 2 is 1.45 bits per heavy atom. The van der Waals surface area contributed by atoms with Gasteiger partial charge in [0.2, 0.25) is 5.95 Å². The van der Waals surface area contributed by atoms with E-state index in [-0.39, 0.29) is 17.5 Å². The average molecular weight is 470 g/mol. The number of nitrogens with zero attached hydrogens (tertiary/aromatic N) is 2. The number of fused-ring (bicyclic) bond motifs is 1. The third kappa shape index (κ3) is 4.47. The molecule has 0 radical (unpaired) electrons. The van der Waals surface area contributed by atoms with Crippen LogP contribution >= 0.6 is 0 Å². The number of ether oxygens (including phenoxy) is 4. The second-order valence-corrected chi connectivity index (χ2v) is 6.64. The molecule has 2 aromatic carbocycles. The Labute approximate surface area is 183 Å². The predicted molar refractivity (Wildman–Crippen MR) is 106 cm³/mol. The van der Waals surface area contributed by atoms with Crippen LogP contribution in [0.3, 0.4) is 0 Å². The largest absolute Gasteiger partial charge is 0.507 e. The molecular weight excluding hydrogens is 455 g/mol. The maximum atomic E-state index is 14.3. The molecule has 1 aliphatic rings. The SMILES string of the molecule is COc1cc(Nc2nc(Nc3ccc4c(c3)OC(F)(F)C(F)(F)O4)ncc2F)cc(OC)c1. The van der Waals surface area contributed by atoms with Crippen LogP contribution in [0.25, 0.3) is 0 Å². The van der Waals surface area contributed by atoms with Crippen molar-refractivity contribution in [3.8, 4) is 23.0 Å². The third-order valence-electron chi connectivity index (χ3n) is 4.37. The summed E-state index contributed by atoms with van der Waals surface area (Å²) in [4.78, 5) is 7.79. The van der Waals surface area contributed by atoms with Crippen molar-refractivity contribution in [3.63, 3.8) is 0 Å². The molecule has 0 fully saturated rings. The lowest BCUT2D eigenvalue weighted by Gasteiger charge is -2.31. The zero-order valence-corrected chi connectivity index (χ0v) is 17.0. The first-order valence-electron chi connectivity index (χ1n) is 9.17. The molecule has 0 bridgehead atoms. The molecule has 0 amide bonds. The number of hydrogen-bond acceptors (Lipinski definition) is 8. The van der Waals surface area contributed by atoms with Crippen molar-refractivity contribution in [1.82, 2.24) is 9.97 Å². The maximum absolute atomic E-state index is 14.3. The highest BCUT2D eigenvalue weighted by molar-refractivity contribution is 5.64. The smallest absolute Gasteiger partial charge is 0.497 e. The van der Waals surface area contributed by atoms with Crippen molar-refractivity contribution < 1.29 is 40.9 Å². The van der Waals surface area contributed by atoms with Crippen LogP contribution < -0.4 is 29.6 Å². The summed E-state index contributed by atoms with van der Waals surface area (Å²) in [6.07, 6.45) is -8.81. The van der Waals surface area contributed by atoms with Crippen LogP contribution in [0.15, 0.2) is 42.6 Å². The van der Waals surface area contributed by atoms with E-state index in [1.165, 1.54) is 20.3 Å². The highest BCUT2D eigenvalue weighted by Gasteiger charge is 2.65. The first-order chi connectivity index (χ1) is 15.6. The summed E-state index contributed by atoms with van der Waals surface area (Å²) in [6, 6.07) is 8.02. The van der Waals surface area contributed by atoms with Gasteiger partial charge in [0.25, 0.3) is 0 Å². The number of aromatic nitrogens is 2. The van der Waals surface area contributed by atoms with E-state index in [1.807, 2.05) is 0 Å². The number of benzene rings is 2. The van der Waals surface area contributed by atoms with E-state index in [2.05, 4.69) is 30.1 Å². The van der Waals surface area contributed by atoms with Crippen molar-refractivity contribution >= 4 is 23.1 Å². The van der Waals surface area contributed by atoms with Crippen LogP contribution in [0.4, 0.5) is 45.1 Å². The summed E-state index contributed by atoms with van der Waals surface area (Å²) in [5.74, 6) is -1.43. The van der Waals surface area contributed by atoms with E-state index in [9.17, 15) is 22.0 Å². The van der Waals surface area contributed by atoms with Gasteiger partial charge in [-0.3, -0.25) is 0 Å². The second-order valence-electron chi connectivity index (χ2n) is 6.64. The van der Waals surface area contributed by atoms with Crippen molar-refractivity contribution in [1.29, 1.82) is 0 Å². The van der Waals surface area contributed by atoms with Gasteiger partial charge >= 0.3 is 12.2 Å². The summed E-state index contributed by atoms with van der Waals surface area (Å²) in [7, 11) is 2.91. The van der Waals surface area contributed by atoms with E-state index >= 15 is 0 Å². The molecule has 1 aliphatic heterocycles.